The van der Waals surface area contributed by atoms with Crippen molar-refractivity contribution in [1.82, 2.24) is 0 Å². The molecule has 7 rings (SSSR count). The van der Waals surface area contributed by atoms with Gasteiger partial charge in [-0.3, -0.25) is 4.55 Å². The number of carbonyl (C=O) groups excluding carboxylic acids is 2. The van der Waals surface area contributed by atoms with E-state index in [0.29, 0.717) is 19.3 Å². The van der Waals surface area contributed by atoms with Crippen LogP contribution in [0.15, 0.2) is 0 Å². The fourth-order valence-electron chi connectivity index (χ4n) is 6.96. The summed E-state index contributed by atoms with van der Waals surface area (Å²) in [5, 5.41) is -5.08. The molecule has 184 valence electrons. The summed E-state index contributed by atoms with van der Waals surface area (Å²) in [7, 11) is -4.48. The highest BCUT2D eigenvalue weighted by Gasteiger charge is 2.72. The van der Waals surface area contributed by atoms with Crippen LogP contribution >= 0.6 is 23.5 Å². The maximum atomic E-state index is 13.9. The minimum atomic E-state index is -5.92. The molecule has 9 nitrogen and oxygen atoms in total. The molecule has 7 aliphatic rings. The zero-order valence-electron chi connectivity index (χ0n) is 17.3. The Kier molecular flexibility index (Phi) is 4.81. The number of fused-ring (bicyclic) bond motifs is 3. The molecule has 4 aliphatic carbocycles. The third kappa shape index (κ3) is 3.03. The van der Waals surface area contributed by atoms with Gasteiger partial charge in [0.25, 0.3) is 0 Å². The van der Waals surface area contributed by atoms with Gasteiger partial charge < -0.3 is 18.9 Å². The first-order valence-electron chi connectivity index (χ1n) is 10.7. The second kappa shape index (κ2) is 6.96. The Balaban J connectivity index is 1.23. The number of methoxy groups -OCH3 is 1. The van der Waals surface area contributed by atoms with Gasteiger partial charge in [0.15, 0.2) is 6.10 Å². The Morgan fingerprint density at radius 2 is 1.85 bits per heavy atom. The lowest BCUT2D eigenvalue weighted by Gasteiger charge is -2.63. The zero-order valence-corrected chi connectivity index (χ0v) is 19.8. The second-order valence-electron chi connectivity index (χ2n) is 9.86. The molecule has 3 heterocycles. The Morgan fingerprint density at radius 1 is 1.18 bits per heavy atom. The maximum Gasteiger partial charge on any atom is 0.465 e. The van der Waals surface area contributed by atoms with E-state index >= 15 is 0 Å². The highest BCUT2D eigenvalue weighted by Crippen LogP contribution is 2.74. The van der Waals surface area contributed by atoms with Crippen LogP contribution in [0.2, 0.25) is 0 Å². The van der Waals surface area contributed by atoms with Gasteiger partial charge in [0.05, 0.1) is 9.33 Å². The largest absolute Gasteiger partial charge is 0.465 e. The Morgan fingerprint density at radius 3 is 2.45 bits per heavy atom. The molecule has 3 aliphatic heterocycles. The quantitative estimate of drug-likeness (QED) is 0.424. The SMILES string of the molecule is COC1C(=O)OC2C1OC1SC3(SC12)C1CC2CC3CC(OC(=O)C(F)(F)S(=O)(=O)O)(C2)C1. The first kappa shape index (κ1) is 22.8. The van der Waals surface area contributed by atoms with E-state index in [-0.39, 0.29) is 32.5 Å². The van der Waals surface area contributed by atoms with Crippen LogP contribution in [0.1, 0.15) is 32.1 Å². The third-order valence-electron chi connectivity index (χ3n) is 8.01. The van der Waals surface area contributed by atoms with E-state index in [9.17, 15) is 26.8 Å². The van der Waals surface area contributed by atoms with E-state index in [4.69, 9.17) is 23.5 Å². The van der Waals surface area contributed by atoms with Crippen molar-refractivity contribution in [3.8, 4) is 0 Å². The fraction of sp³-hybridized carbons (Fsp3) is 0.895. The molecule has 4 saturated carbocycles. The van der Waals surface area contributed by atoms with Gasteiger partial charge in [0, 0.05) is 7.11 Å². The average molecular weight is 529 g/mol. The van der Waals surface area contributed by atoms with Gasteiger partial charge >= 0.3 is 27.3 Å². The molecule has 3 saturated heterocycles. The van der Waals surface area contributed by atoms with E-state index in [1.807, 2.05) is 0 Å². The lowest BCUT2D eigenvalue weighted by atomic mass is 9.53. The summed E-state index contributed by atoms with van der Waals surface area (Å²) < 4.78 is 80.4. The molecule has 1 N–H and O–H groups in total. The Labute approximate surface area is 196 Å². The molecule has 0 amide bonds. The first-order valence-corrected chi connectivity index (χ1v) is 13.9. The van der Waals surface area contributed by atoms with Gasteiger partial charge in [0.1, 0.15) is 23.2 Å². The van der Waals surface area contributed by atoms with Gasteiger partial charge in [-0.25, -0.2) is 9.59 Å². The number of alkyl halides is 2. The van der Waals surface area contributed by atoms with Crippen molar-refractivity contribution in [3.63, 3.8) is 0 Å². The van der Waals surface area contributed by atoms with E-state index in [1.54, 1.807) is 23.5 Å². The first-order chi connectivity index (χ1) is 15.4. The van der Waals surface area contributed by atoms with Gasteiger partial charge in [-0.1, -0.05) is 0 Å². The summed E-state index contributed by atoms with van der Waals surface area (Å²) in [6, 6.07) is 0. The van der Waals surface area contributed by atoms with Crippen LogP contribution in [0, 0.1) is 17.8 Å². The van der Waals surface area contributed by atoms with Crippen LogP contribution in [0.25, 0.3) is 0 Å². The number of halogens is 2. The van der Waals surface area contributed by atoms with Gasteiger partial charge in [-0.15, -0.1) is 23.5 Å². The molecule has 0 aromatic rings. The minimum Gasteiger partial charge on any atom is -0.456 e. The van der Waals surface area contributed by atoms with Crippen molar-refractivity contribution in [2.75, 3.05) is 7.11 Å². The summed E-state index contributed by atoms with van der Waals surface area (Å²) in [5.41, 5.74) is -1.37. The van der Waals surface area contributed by atoms with Gasteiger partial charge in [0.2, 0.25) is 0 Å². The van der Waals surface area contributed by atoms with Gasteiger partial charge in [-0.05, 0) is 49.9 Å². The molecule has 0 aromatic heterocycles. The fourth-order valence-corrected chi connectivity index (χ4v) is 11.7. The smallest absolute Gasteiger partial charge is 0.456 e. The molecule has 7 fully saturated rings. The predicted octanol–water partition coefficient (Wildman–Crippen LogP) is 1.80. The van der Waals surface area contributed by atoms with Crippen molar-refractivity contribution in [2.45, 2.75) is 76.0 Å². The monoisotopic (exact) mass is 528 g/mol. The molecular weight excluding hydrogens is 506 g/mol. The molecule has 33 heavy (non-hydrogen) atoms. The van der Waals surface area contributed by atoms with E-state index < -0.39 is 51.2 Å². The molecule has 1 spiro atoms. The van der Waals surface area contributed by atoms with E-state index in [1.165, 1.54) is 7.11 Å². The van der Waals surface area contributed by atoms with Crippen molar-refractivity contribution in [1.29, 1.82) is 0 Å². The van der Waals surface area contributed by atoms with Crippen LogP contribution in [0.4, 0.5) is 8.78 Å². The standard InChI is InChI=1S/C19H22F2O9S3/c1-27-12-10-11(28-14(12)22)13-15(29-10)32-18(31-13)8-2-7-3-9(18)6-17(4-7,5-8)30-16(23)19(20,21)33(24,25)26/h7-13,15H,2-6H2,1H3,(H,24,25,26). The molecule has 7 atom stereocenters. The van der Waals surface area contributed by atoms with Crippen molar-refractivity contribution in [2.24, 2.45) is 17.8 Å². The van der Waals surface area contributed by atoms with Crippen LogP contribution in [-0.4, -0.2) is 76.0 Å². The lowest BCUT2D eigenvalue weighted by molar-refractivity contribution is -0.202. The summed E-state index contributed by atoms with van der Waals surface area (Å²) in [6.45, 7) is 0. The van der Waals surface area contributed by atoms with Crippen LogP contribution < -0.4 is 0 Å². The minimum absolute atomic E-state index is 0.0360. The van der Waals surface area contributed by atoms with Crippen molar-refractivity contribution >= 4 is 45.6 Å². The van der Waals surface area contributed by atoms with Gasteiger partial charge in [-0.2, -0.15) is 17.2 Å². The predicted molar refractivity (Wildman–Crippen MR) is 110 cm³/mol. The molecular formula is C19H22F2O9S3. The summed E-state index contributed by atoms with van der Waals surface area (Å²) in [6.07, 6.45) is 1.14. The van der Waals surface area contributed by atoms with Crippen molar-refractivity contribution in [3.05, 3.63) is 0 Å². The number of hydrogen-bond donors (Lipinski definition) is 1. The summed E-state index contributed by atoms with van der Waals surface area (Å²) in [4.78, 5) is 24.2. The van der Waals surface area contributed by atoms with Crippen molar-refractivity contribution < 1.29 is 50.3 Å². The molecule has 7 unspecified atom stereocenters. The Hall–Kier alpha value is -0.670. The number of rotatable bonds is 4. The van der Waals surface area contributed by atoms with Crippen LogP contribution in [0.5, 0.6) is 0 Å². The molecule has 0 aromatic carbocycles. The maximum absolute atomic E-state index is 13.9. The average Bonchev–Trinajstić information content (AvgIpc) is 3.32. The van der Waals surface area contributed by atoms with Crippen LogP contribution in [0.3, 0.4) is 0 Å². The van der Waals surface area contributed by atoms with E-state index in [0.717, 1.165) is 12.8 Å². The molecule has 4 bridgehead atoms. The number of hydrogen-bond acceptors (Lipinski definition) is 10. The number of esters is 2. The Bertz CT molecular complexity index is 1000. The topological polar surface area (TPSA) is 125 Å². The third-order valence-corrected chi connectivity index (χ3v) is 13.1. The van der Waals surface area contributed by atoms with Crippen LogP contribution in [-0.2, 0) is 38.7 Å². The summed E-state index contributed by atoms with van der Waals surface area (Å²) >= 11 is 3.40. The van der Waals surface area contributed by atoms with E-state index in [2.05, 4.69) is 0 Å². The molecule has 0 radical (unpaired) electrons. The summed E-state index contributed by atoms with van der Waals surface area (Å²) in [5.74, 6) is -2.41. The molecule has 14 heteroatoms. The lowest BCUT2D eigenvalue weighted by Crippen LogP contribution is -2.62. The number of thioether (sulfide) groups is 2. The second-order valence-corrected chi connectivity index (χ2v) is 14.4. The normalized spacial score (nSPS) is 49.9. The zero-order chi connectivity index (χ0) is 23.6. The highest BCUT2D eigenvalue weighted by molar-refractivity contribution is 8.22. The number of ether oxygens (including phenoxy) is 4. The highest BCUT2D eigenvalue weighted by atomic mass is 32.2. The number of carbonyl (C=O) groups is 2.